The highest BCUT2D eigenvalue weighted by molar-refractivity contribution is 14.1. The van der Waals surface area contributed by atoms with Crippen LogP contribution in [0.15, 0.2) is 43.2 Å². The minimum absolute atomic E-state index is 0.482. The first kappa shape index (κ1) is 32.6. The maximum Gasteiger partial charge on any atom is 0.129 e. The van der Waals surface area contributed by atoms with Crippen molar-refractivity contribution in [1.29, 1.82) is 0 Å². The van der Waals surface area contributed by atoms with Gasteiger partial charge in [-0.25, -0.2) is 0 Å². The first-order valence-corrected chi connectivity index (χ1v) is 20.3. The third-order valence-electron chi connectivity index (χ3n) is 6.84. The maximum atomic E-state index is 5.36. The minimum atomic E-state index is -1.16. The Hall–Kier alpha value is -1.27. The number of hydrogen-bond donors (Lipinski definition) is 0. The van der Waals surface area contributed by atoms with Crippen molar-refractivity contribution in [2.75, 3.05) is 26.4 Å². The molecule has 2 saturated heterocycles. The molecule has 0 bridgehead atoms. The van der Waals surface area contributed by atoms with Gasteiger partial charge >= 0.3 is 0 Å². The molecule has 41 heavy (non-hydrogen) atoms. The summed E-state index contributed by atoms with van der Waals surface area (Å²) in [4.78, 5) is 8.46. The first-order chi connectivity index (χ1) is 19.7. The second-order valence-electron chi connectivity index (χ2n) is 11.5. The monoisotopic (exact) mass is 806 g/mol. The van der Waals surface area contributed by atoms with Crippen LogP contribution in [-0.4, -0.2) is 46.9 Å². The number of fused-ring (bicyclic) bond motifs is 2. The zero-order chi connectivity index (χ0) is 29.2. The zero-order valence-corrected chi connectivity index (χ0v) is 30.4. The fourth-order valence-electron chi connectivity index (χ4n) is 4.53. The molecule has 4 aliphatic rings. The van der Waals surface area contributed by atoms with Gasteiger partial charge in [-0.15, -0.1) is 11.5 Å². The quantitative estimate of drug-likeness (QED) is 0.153. The molecule has 6 rings (SSSR count). The average molecular weight is 808 g/mol. The van der Waals surface area contributed by atoms with Crippen LogP contribution in [0.5, 0.6) is 0 Å². The van der Waals surface area contributed by atoms with Gasteiger partial charge in [0.1, 0.15) is 8.07 Å². The minimum Gasteiger partial charge on any atom is -0.381 e. The van der Waals surface area contributed by atoms with Gasteiger partial charge < -0.3 is 9.47 Å². The lowest BCUT2D eigenvalue weighted by Gasteiger charge is -2.17. The summed E-state index contributed by atoms with van der Waals surface area (Å²) in [5.41, 5.74) is 9.53. The van der Waals surface area contributed by atoms with E-state index in [9.17, 15) is 0 Å². The second-order valence-corrected chi connectivity index (χ2v) is 19.1. The topological polar surface area (TPSA) is 43.2 Å². The predicted octanol–water partition coefficient (Wildman–Crippen LogP) is 8.44. The largest absolute Gasteiger partial charge is 0.381 e. The molecule has 0 aromatic heterocycles. The summed E-state index contributed by atoms with van der Waals surface area (Å²) in [6.07, 6.45) is 8.38. The summed E-state index contributed by atoms with van der Waals surface area (Å²) >= 11 is 9.38. The molecule has 0 saturated carbocycles. The van der Waals surface area contributed by atoms with Crippen LogP contribution < -0.4 is 0 Å². The third-order valence-corrected chi connectivity index (χ3v) is 10.7. The highest BCUT2D eigenvalue weighted by Crippen LogP contribution is 2.26. The number of nitrogens with zero attached hydrogens (tertiary/aromatic N) is 2. The molecular formula is C33H37Br2IN2O2Si. The molecule has 0 aliphatic carbocycles. The SMILES string of the molecule is Brc1cc2c(cc1C#CC1CCOCC1)CN=C2.Brc1cc2c(cc1I)CN=C2.C[Si](C)(C)C#CC1CCCOC1. The van der Waals surface area contributed by atoms with Gasteiger partial charge in [0.15, 0.2) is 0 Å². The summed E-state index contributed by atoms with van der Waals surface area (Å²) in [5.74, 6) is 11.0. The Labute approximate surface area is 277 Å². The van der Waals surface area contributed by atoms with Crippen LogP contribution in [0, 0.1) is 38.7 Å². The molecule has 4 aliphatic heterocycles. The van der Waals surface area contributed by atoms with Crippen LogP contribution >= 0.6 is 54.5 Å². The van der Waals surface area contributed by atoms with Gasteiger partial charge in [-0.1, -0.05) is 31.5 Å². The first-order valence-electron chi connectivity index (χ1n) is 14.2. The van der Waals surface area contributed by atoms with Crippen molar-refractivity contribution in [2.24, 2.45) is 21.8 Å². The van der Waals surface area contributed by atoms with E-state index in [1.807, 2.05) is 12.4 Å². The molecule has 4 nitrogen and oxygen atoms in total. The van der Waals surface area contributed by atoms with Gasteiger partial charge in [-0.3, -0.25) is 9.98 Å². The van der Waals surface area contributed by atoms with Crippen LogP contribution in [0.3, 0.4) is 0 Å². The van der Waals surface area contributed by atoms with Gasteiger partial charge in [0.2, 0.25) is 0 Å². The van der Waals surface area contributed by atoms with E-state index in [-0.39, 0.29) is 0 Å². The van der Waals surface area contributed by atoms with Gasteiger partial charge in [0.05, 0.1) is 19.7 Å². The molecule has 1 atom stereocenters. The number of aliphatic imine (C=N–C) groups is 2. The second kappa shape index (κ2) is 16.0. The molecule has 2 aromatic carbocycles. The Bertz CT molecular complexity index is 1400. The van der Waals surface area contributed by atoms with Crippen molar-refractivity contribution in [2.45, 2.75) is 58.4 Å². The molecule has 8 heteroatoms. The Kier molecular flexibility index (Phi) is 12.7. The molecule has 0 radical (unpaired) electrons. The fourth-order valence-corrected chi connectivity index (χ4v) is 6.52. The fraction of sp³-hybridized carbons (Fsp3) is 0.455. The lowest BCUT2D eigenvalue weighted by Crippen LogP contribution is -2.20. The van der Waals surface area contributed by atoms with Gasteiger partial charge in [-0.2, -0.15) is 0 Å². The molecular weight excluding hydrogens is 771 g/mol. The number of rotatable bonds is 0. The van der Waals surface area contributed by atoms with Crippen LogP contribution in [0.25, 0.3) is 0 Å². The van der Waals surface area contributed by atoms with E-state index >= 15 is 0 Å². The predicted molar refractivity (Wildman–Crippen MR) is 189 cm³/mol. The van der Waals surface area contributed by atoms with Gasteiger partial charge in [-0.05, 0) is 127 Å². The molecule has 0 amide bonds. The van der Waals surface area contributed by atoms with E-state index in [1.165, 1.54) is 38.7 Å². The molecule has 0 N–H and O–H groups in total. The van der Waals surface area contributed by atoms with Crippen molar-refractivity contribution < 1.29 is 9.47 Å². The van der Waals surface area contributed by atoms with E-state index in [4.69, 9.17) is 9.47 Å². The van der Waals surface area contributed by atoms with E-state index in [0.29, 0.717) is 11.8 Å². The van der Waals surface area contributed by atoms with Crippen molar-refractivity contribution in [3.05, 3.63) is 64.6 Å². The number of ether oxygens (including phenoxy) is 2. The Morgan fingerprint density at radius 1 is 0.805 bits per heavy atom. The van der Waals surface area contributed by atoms with Gasteiger partial charge in [0.25, 0.3) is 0 Å². The molecule has 0 spiro atoms. The molecule has 4 heterocycles. The summed E-state index contributed by atoms with van der Waals surface area (Å²) < 4.78 is 14.2. The molecule has 1 unspecified atom stereocenters. The Morgan fingerprint density at radius 3 is 2.10 bits per heavy atom. The lowest BCUT2D eigenvalue weighted by molar-refractivity contribution is 0.0740. The molecule has 216 valence electrons. The normalized spacial score (nSPS) is 18.8. The summed E-state index contributed by atoms with van der Waals surface area (Å²) in [6, 6.07) is 8.55. The van der Waals surface area contributed by atoms with Gasteiger partial charge in [0, 0.05) is 62.2 Å². The molecule has 2 aromatic rings. The Morgan fingerprint density at radius 2 is 1.46 bits per heavy atom. The highest BCUT2D eigenvalue weighted by Gasteiger charge is 2.14. The van der Waals surface area contributed by atoms with Crippen molar-refractivity contribution >= 4 is 75.0 Å². The third kappa shape index (κ3) is 10.7. The summed E-state index contributed by atoms with van der Waals surface area (Å²) in [6.45, 7) is 12.0. The van der Waals surface area contributed by atoms with E-state index in [2.05, 4.69) is 132 Å². The standard InChI is InChI=1S/C15H14BrNO.C10H18OSi.C8H5BrIN/c16-15-8-14-10-17-9-13(14)7-12(15)2-1-11-3-5-18-6-4-11;1-12(2,3)8-6-10-5-4-7-11-9-10;9-7-1-5-3-11-4-6(5)2-8(7)10/h7-8,10-11H,3-6,9H2;10H,4-5,7,9H2,1-3H3;1-3H,4H2. The van der Waals surface area contributed by atoms with E-state index < -0.39 is 8.07 Å². The van der Waals surface area contributed by atoms with Crippen molar-refractivity contribution in [3.8, 4) is 23.3 Å². The average Bonchev–Trinajstić information content (AvgIpc) is 3.61. The van der Waals surface area contributed by atoms with E-state index in [0.717, 1.165) is 66.9 Å². The number of hydrogen-bond acceptors (Lipinski definition) is 4. The van der Waals surface area contributed by atoms with Crippen LogP contribution in [0.2, 0.25) is 19.6 Å². The number of halogens is 3. The summed E-state index contributed by atoms with van der Waals surface area (Å²) in [5, 5.41) is 0. The van der Waals surface area contributed by atoms with E-state index in [1.54, 1.807) is 0 Å². The lowest BCUT2D eigenvalue weighted by atomic mass is 10.00. The van der Waals surface area contributed by atoms with Crippen LogP contribution in [0.4, 0.5) is 0 Å². The van der Waals surface area contributed by atoms with Crippen molar-refractivity contribution in [3.63, 3.8) is 0 Å². The summed E-state index contributed by atoms with van der Waals surface area (Å²) in [7, 11) is -1.16. The Balaban J connectivity index is 0.000000148. The maximum absolute atomic E-state index is 5.36. The van der Waals surface area contributed by atoms with Crippen LogP contribution in [-0.2, 0) is 22.6 Å². The smallest absolute Gasteiger partial charge is 0.129 e. The molecule has 2 fully saturated rings. The van der Waals surface area contributed by atoms with Crippen LogP contribution in [0.1, 0.15) is 53.5 Å². The highest BCUT2D eigenvalue weighted by atomic mass is 127. The van der Waals surface area contributed by atoms with Crippen molar-refractivity contribution in [1.82, 2.24) is 0 Å². The zero-order valence-electron chi connectivity index (χ0n) is 24.0. The number of benzene rings is 2.